The Morgan fingerprint density at radius 3 is 2.50 bits per heavy atom. The molecule has 0 unspecified atom stereocenters. The fourth-order valence-electron chi connectivity index (χ4n) is 3.58. The maximum atomic E-state index is 13.0. The van der Waals surface area contributed by atoms with Gasteiger partial charge < -0.3 is 10.2 Å². The van der Waals surface area contributed by atoms with E-state index in [4.69, 9.17) is 0 Å². The Balaban J connectivity index is 1.57. The van der Waals surface area contributed by atoms with Crippen LogP contribution in [0.4, 0.5) is 11.4 Å². The van der Waals surface area contributed by atoms with Crippen LogP contribution in [0.3, 0.4) is 0 Å². The number of fused-ring (bicyclic) bond motifs is 1. The zero-order valence-corrected chi connectivity index (χ0v) is 16.0. The van der Waals surface area contributed by atoms with Crippen LogP contribution < -0.4 is 10.2 Å². The maximum Gasteiger partial charge on any atom is 0.258 e. The average Bonchev–Trinajstić information content (AvgIpc) is 3.15. The molecule has 0 bridgehead atoms. The number of hydrogen-bond donors (Lipinski definition) is 1. The van der Waals surface area contributed by atoms with E-state index < -0.39 is 0 Å². The molecule has 0 aromatic heterocycles. The molecular formula is C24H22N2O2. The third-order valence-electron chi connectivity index (χ3n) is 5.36. The number of nitrogens with zero attached hydrogens (tertiary/aromatic N) is 1. The van der Waals surface area contributed by atoms with Crippen molar-refractivity contribution in [2.45, 2.75) is 20.3 Å². The van der Waals surface area contributed by atoms with Gasteiger partial charge >= 0.3 is 0 Å². The molecule has 0 spiro atoms. The largest absolute Gasteiger partial charge is 0.322 e. The van der Waals surface area contributed by atoms with Crippen LogP contribution >= 0.6 is 0 Å². The van der Waals surface area contributed by atoms with Crippen molar-refractivity contribution in [3.05, 3.63) is 94.5 Å². The van der Waals surface area contributed by atoms with Gasteiger partial charge in [0.25, 0.3) is 11.8 Å². The molecule has 0 atom stereocenters. The minimum absolute atomic E-state index is 0.0775. The predicted octanol–water partition coefficient (Wildman–Crippen LogP) is 4.76. The first kappa shape index (κ1) is 18.0. The van der Waals surface area contributed by atoms with E-state index in [0.29, 0.717) is 17.7 Å². The predicted molar refractivity (Wildman–Crippen MR) is 112 cm³/mol. The lowest BCUT2D eigenvalue weighted by molar-refractivity contribution is 0.0989. The lowest BCUT2D eigenvalue weighted by Gasteiger charge is -2.18. The average molecular weight is 370 g/mol. The molecule has 4 nitrogen and oxygen atoms in total. The molecule has 0 saturated carbocycles. The molecule has 4 rings (SSSR count). The van der Waals surface area contributed by atoms with Crippen molar-refractivity contribution in [2.24, 2.45) is 0 Å². The standard InChI is InChI=1S/C24H22N2O2/c1-16-7-5-11-21(17(16)2)25-23(27)19-9-6-10-20(15-19)24(28)26-14-13-18-8-3-4-12-22(18)26/h3-12,15H,13-14H2,1-2H3,(H,25,27). The third kappa shape index (κ3) is 3.29. The summed E-state index contributed by atoms with van der Waals surface area (Å²) in [6.45, 7) is 4.66. The van der Waals surface area contributed by atoms with E-state index >= 15 is 0 Å². The quantitative estimate of drug-likeness (QED) is 0.723. The summed E-state index contributed by atoms with van der Waals surface area (Å²) in [6, 6.07) is 20.7. The molecule has 4 heteroatoms. The van der Waals surface area contributed by atoms with Gasteiger partial charge in [-0.05, 0) is 67.3 Å². The zero-order chi connectivity index (χ0) is 19.7. The molecular weight excluding hydrogens is 348 g/mol. The molecule has 1 heterocycles. The second-order valence-electron chi connectivity index (χ2n) is 7.12. The second kappa shape index (κ2) is 7.31. The Kier molecular flexibility index (Phi) is 4.70. The molecule has 0 saturated heterocycles. The summed E-state index contributed by atoms with van der Waals surface area (Å²) >= 11 is 0. The number of carbonyl (C=O) groups excluding carboxylic acids is 2. The Hall–Kier alpha value is -3.40. The van der Waals surface area contributed by atoms with Crippen LogP contribution in [0.15, 0.2) is 66.7 Å². The van der Waals surface area contributed by atoms with Crippen molar-refractivity contribution < 1.29 is 9.59 Å². The van der Waals surface area contributed by atoms with Crippen molar-refractivity contribution in [1.29, 1.82) is 0 Å². The summed E-state index contributed by atoms with van der Waals surface area (Å²) in [4.78, 5) is 27.6. The minimum atomic E-state index is -0.217. The monoisotopic (exact) mass is 370 g/mol. The molecule has 0 aliphatic carbocycles. The van der Waals surface area contributed by atoms with Crippen LogP contribution in [0.5, 0.6) is 0 Å². The molecule has 0 radical (unpaired) electrons. The number of nitrogens with one attached hydrogen (secondary N) is 1. The highest BCUT2D eigenvalue weighted by Crippen LogP contribution is 2.29. The summed E-state index contributed by atoms with van der Waals surface area (Å²) in [5, 5.41) is 2.95. The highest BCUT2D eigenvalue weighted by Gasteiger charge is 2.25. The molecule has 1 aliphatic heterocycles. The molecule has 28 heavy (non-hydrogen) atoms. The smallest absolute Gasteiger partial charge is 0.258 e. The number of para-hydroxylation sites is 1. The molecule has 0 fully saturated rings. The van der Waals surface area contributed by atoms with Gasteiger partial charge in [0.05, 0.1) is 0 Å². The fourth-order valence-corrected chi connectivity index (χ4v) is 3.58. The van der Waals surface area contributed by atoms with Crippen molar-refractivity contribution in [3.63, 3.8) is 0 Å². The summed E-state index contributed by atoms with van der Waals surface area (Å²) in [6.07, 6.45) is 0.856. The van der Waals surface area contributed by atoms with Gasteiger partial charge in [-0.25, -0.2) is 0 Å². The van der Waals surface area contributed by atoms with E-state index in [1.165, 1.54) is 5.56 Å². The van der Waals surface area contributed by atoms with Crippen LogP contribution in [-0.2, 0) is 6.42 Å². The van der Waals surface area contributed by atoms with Crippen LogP contribution in [0, 0.1) is 13.8 Å². The van der Waals surface area contributed by atoms with Gasteiger partial charge in [-0.2, -0.15) is 0 Å². The summed E-state index contributed by atoms with van der Waals surface area (Å²) < 4.78 is 0. The first-order chi connectivity index (χ1) is 13.5. The summed E-state index contributed by atoms with van der Waals surface area (Å²) in [7, 11) is 0. The Bertz CT molecular complexity index is 1070. The number of hydrogen-bond acceptors (Lipinski definition) is 2. The number of benzene rings is 3. The first-order valence-corrected chi connectivity index (χ1v) is 9.42. The Labute approximate surface area is 164 Å². The molecule has 3 aromatic carbocycles. The lowest BCUT2D eigenvalue weighted by atomic mass is 10.1. The van der Waals surface area contributed by atoms with E-state index in [9.17, 15) is 9.59 Å². The third-order valence-corrected chi connectivity index (χ3v) is 5.36. The maximum absolute atomic E-state index is 13.0. The van der Waals surface area contributed by atoms with Gasteiger partial charge in [0.2, 0.25) is 0 Å². The van der Waals surface area contributed by atoms with Gasteiger partial charge in [0.15, 0.2) is 0 Å². The van der Waals surface area contributed by atoms with Crippen LogP contribution in [0.1, 0.15) is 37.4 Å². The minimum Gasteiger partial charge on any atom is -0.322 e. The topological polar surface area (TPSA) is 49.4 Å². The van der Waals surface area contributed by atoms with Gasteiger partial charge in [-0.1, -0.05) is 36.4 Å². The molecule has 2 amide bonds. The van der Waals surface area contributed by atoms with Crippen LogP contribution in [0.25, 0.3) is 0 Å². The van der Waals surface area contributed by atoms with E-state index in [2.05, 4.69) is 11.4 Å². The van der Waals surface area contributed by atoms with Crippen molar-refractivity contribution in [1.82, 2.24) is 0 Å². The van der Waals surface area contributed by atoms with Gasteiger partial charge in [0, 0.05) is 29.0 Å². The fraction of sp³-hybridized carbons (Fsp3) is 0.167. The SMILES string of the molecule is Cc1cccc(NC(=O)c2cccc(C(=O)N3CCc4ccccc43)c2)c1C. The summed E-state index contributed by atoms with van der Waals surface area (Å²) in [5.74, 6) is -0.295. The van der Waals surface area contributed by atoms with Crippen LogP contribution in [0.2, 0.25) is 0 Å². The molecule has 140 valence electrons. The van der Waals surface area contributed by atoms with E-state index in [-0.39, 0.29) is 11.8 Å². The first-order valence-electron chi connectivity index (χ1n) is 9.42. The Morgan fingerprint density at radius 1 is 0.893 bits per heavy atom. The van der Waals surface area contributed by atoms with Crippen molar-refractivity contribution in [2.75, 3.05) is 16.8 Å². The number of aryl methyl sites for hydroxylation is 1. The second-order valence-corrected chi connectivity index (χ2v) is 7.12. The van der Waals surface area contributed by atoms with E-state index in [1.807, 2.05) is 50.2 Å². The van der Waals surface area contributed by atoms with Crippen molar-refractivity contribution in [3.8, 4) is 0 Å². The van der Waals surface area contributed by atoms with Crippen molar-refractivity contribution >= 4 is 23.2 Å². The summed E-state index contributed by atoms with van der Waals surface area (Å²) in [5.41, 5.74) is 6.07. The molecule has 1 N–H and O–H groups in total. The number of amides is 2. The van der Waals surface area contributed by atoms with Crippen LogP contribution in [-0.4, -0.2) is 18.4 Å². The highest BCUT2D eigenvalue weighted by atomic mass is 16.2. The number of rotatable bonds is 3. The lowest BCUT2D eigenvalue weighted by Crippen LogP contribution is -2.29. The normalized spacial score (nSPS) is 12.6. The van der Waals surface area contributed by atoms with E-state index in [1.54, 1.807) is 29.2 Å². The van der Waals surface area contributed by atoms with Gasteiger partial charge in [-0.15, -0.1) is 0 Å². The molecule has 3 aromatic rings. The Morgan fingerprint density at radius 2 is 1.64 bits per heavy atom. The van der Waals surface area contributed by atoms with Gasteiger partial charge in [0.1, 0.15) is 0 Å². The molecule has 1 aliphatic rings. The highest BCUT2D eigenvalue weighted by molar-refractivity contribution is 6.10. The number of anilines is 2. The zero-order valence-electron chi connectivity index (χ0n) is 16.0. The number of carbonyl (C=O) groups is 2. The van der Waals surface area contributed by atoms with E-state index in [0.717, 1.165) is 28.9 Å². The van der Waals surface area contributed by atoms with Gasteiger partial charge in [-0.3, -0.25) is 9.59 Å².